The summed E-state index contributed by atoms with van der Waals surface area (Å²) in [6.07, 6.45) is 5.48. The van der Waals surface area contributed by atoms with Gasteiger partial charge in [-0.2, -0.15) is 0 Å². The SMILES string of the molecule is O=C1C(Br)=CN=C2C=C(F)C=CC12. The lowest BCUT2D eigenvalue weighted by Gasteiger charge is -2.17. The smallest absolute Gasteiger partial charge is 0.184 e. The van der Waals surface area contributed by atoms with E-state index in [-0.39, 0.29) is 11.6 Å². The molecule has 1 aliphatic heterocycles. The molecular weight excluding hydrogens is 237 g/mol. The molecule has 1 atom stereocenters. The second-order valence-corrected chi connectivity index (χ2v) is 3.62. The molecule has 0 aromatic carbocycles. The van der Waals surface area contributed by atoms with Crippen LogP contribution in [0, 0.1) is 5.92 Å². The molecule has 1 unspecified atom stereocenters. The quantitative estimate of drug-likeness (QED) is 0.640. The first kappa shape index (κ1) is 8.56. The number of hydrogen-bond donors (Lipinski definition) is 0. The Kier molecular flexibility index (Phi) is 2.00. The van der Waals surface area contributed by atoms with Crippen molar-refractivity contribution in [3.8, 4) is 0 Å². The van der Waals surface area contributed by atoms with E-state index in [0.29, 0.717) is 10.2 Å². The van der Waals surface area contributed by atoms with Crippen LogP contribution in [0.2, 0.25) is 0 Å². The van der Waals surface area contributed by atoms with Gasteiger partial charge < -0.3 is 0 Å². The number of Topliss-reactive ketones (excluding diaryl/α,β-unsaturated/α-hetero) is 1. The van der Waals surface area contributed by atoms with Crippen LogP contribution < -0.4 is 0 Å². The zero-order chi connectivity index (χ0) is 9.42. The highest BCUT2D eigenvalue weighted by atomic mass is 79.9. The molecule has 1 aliphatic carbocycles. The third-order valence-electron chi connectivity index (χ3n) is 1.90. The van der Waals surface area contributed by atoms with E-state index >= 15 is 0 Å². The highest BCUT2D eigenvalue weighted by Gasteiger charge is 2.27. The zero-order valence-corrected chi connectivity index (χ0v) is 8.08. The minimum Gasteiger partial charge on any atom is -0.292 e. The zero-order valence-electron chi connectivity index (χ0n) is 6.50. The van der Waals surface area contributed by atoms with E-state index in [2.05, 4.69) is 20.9 Å². The molecule has 0 amide bonds. The van der Waals surface area contributed by atoms with Crippen molar-refractivity contribution < 1.29 is 9.18 Å². The lowest BCUT2D eigenvalue weighted by molar-refractivity contribution is -0.115. The van der Waals surface area contributed by atoms with Crippen molar-refractivity contribution in [3.63, 3.8) is 0 Å². The van der Waals surface area contributed by atoms with Crippen molar-refractivity contribution in [2.45, 2.75) is 0 Å². The van der Waals surface area contributed by atoms with Crippen LogP contribution in [0.1, 0.15) is 0 Å². The van der Waals surface area contributed by atoms with Crippen LogP contribution >= 0.6 is 15.9 Å². The van der Waals surface area contributed by atoms with Crippen LogP contribution in [-0.4, -0.2) is 11.5 Å². The Hall–Kier alpha value is -1.03. The van der Waals surface area contributed by atoms with Gasteiger partial charge in [-0.15, -0.1) is 0 Å². The fraction of sp³-hybridized carbons (Fsp3) is 0.111. The minimum absolute atomic E-state index is 0.0787. The Labute approximate surface area is 82.7 Å². The number of fused-ring (bicyclic) bond motifs is 1. The third-order valence-corrected chi connectivity index (χ3v) is 2.49. The lowest BCUT2D eigenvalue weighted by Crippen LogP contribution is -2.25. The fourth-order valence-corrected chi connectivity index (χ4v) is 1.60. The molecule has 0 N–H and O–H groups in total. The maximum absolute atomic E-state index is 12.7. The average molecular weight is 242 g/mol. The number of aliphatic imine (C=N–C) groups is 1. The standard InChI is InChI=1S/C9H5BrFNO/c10-7-4-12-8-3-5(11)1-2-6(8)9(7)13/h1-4,6H. The molecule has 0 fully saturated rings. The summed E-state index contributed by atoms with van der Waals surface area (Å²) < 4.78 is 13.2. The maximum Gasteiger partial charge on any atom is 0.184 e. The monoisotopic (exact) mass is 241 g/mol. The number of hydrogen-bond acceptors (Lipinski definition) is 2. The molecular formula is C9H5BrFNO. The van der Waals surface area contributed by atoms with E-state index in [0.717, 1.165) is 0 Å². The molecule has 0 spiro atoms. The van der Waals surface area contributed by atoms with Gasteiger partial charge in [0, 0.05) is 6.20 Å². The Morgan fingerprint density at radius 1 is 1.54 bits per heavy atom. The predicted molar refractivity (Wildman–Crippen MR) is 51.3 cm³/mol. The first-order valence-electron chi connectivity index (χ1n) is 3.71. The van der Waals surface area contributed by atoms with Gasteiger partial charge >= 0.3 is 0 Å². The highest BCUT2D eigenvalue weighted by Crippen LogP contribution is 2.25. The third kappa shape index (κ3) is 1.42. The van der Waals surface area contributed by atoms with Crippen LogP contribution in [0.5, 0.6) is 0 Å². The minimum atomic E-state index is -0.418. The van der Waals surface area contributed by atoms with E-state index < -0.39 is 5.92 Å². The second-order valence-electron chi connectivity index (χ2n) is 2.76. The highest BCUT2D eigenvalue weighted by molar-refractivity contribution is 9.12. The number of ketones is 1. The summed E-state index contributed by atoms with van der Waals surface area (Å²) in [5.41, 5.74) is 0.466. The average Bonchev–Trinajstić information content (AvgIpc) is 2.12. The molecule has 4 heteroatoms. The molecule has 66 valence electrons. The van der Waals surface area contributed by atoms with E-state index in [1.807, 2.05) is 0 Å². The van der Waals surface area contributed by atoms with Crippen molar-refractivity contribution in [2.24, 2.45) is 10.9 Å². The molecule has 0 saturated heterocycles. The summed E-state index contributed by atoms with van der Waals surface area (Å²) in [7, 11) is 0. The fourth-order valence-electron chi connectivity index (χ4n) is 1.25. The van der Waals surface area contributed by atoms with Gasteiger partial charge in [0.05, 0.1) is 16.1 Å². The predicted octanol–water partition coefficient (Wildman–Crippen LogP) is 2.29. The van der Waals surface area contributed by atoms with Crippen molar-refractivity contribution >= 4 is 27.4 Å². The van der Waals surface area contributed by atoms with E-state index in [1.54, 1.807) is 0 Å². The largest absolute Gasteiger partial charge is 0.292 e. The first-order valence-corrected chi connectivity index (χ1v) is 4.51. The van der Waals surface area contributed by atoms with Gasteiger partial charge in [0.15, 0.2) is 5.78 Å². The number of rotatable bonds is 0. The van der Waals surface area contributed by atoms with Gasteiger partial charge in [-0.05, 0) is 28.1 Å². The van der Waals surface area contributed by atoms with Gasteiger partial charge in [-0.3, -0.25) is 9.79 Å². The Morgan fingerprint density at radius 2 is 2.31 bits per heavy atom. The molecule has 2 aliphatic rings. The molecule has 0 bridgehead atoms. The normalized spacial score (nSPS) is 26.2. The van der Waals surface area contributed by atoms with E-state index in [4.69, 9.17) is 0 Å². The van der Waals surface area contributed by atoms with Crippen LogP contribution in [0.25, 0.3) is 0 Å². The van der Waals surface area contributed by atoms with Crippen LogP contribution in [0.4, 0.5) is 4.39 Å². The van der Waals surface area contributed by atoms with Crippen LogP contribution in [0.3, 0.4) is 0 Å². The molecule has 2 nitrogen and oxygen atoms in total. The first-order chi connectivity index (χ1) is 6.18. The maximum atomic E-state index is 12.7. The molecule has 0 saturated carbocycles. The summed E-state index contributed by atoms with van der Waals surface area (Å²) in [4.78, 5) is 15.4. The Balaban J connectivity index is 2.45. The molecule has 13 heavy (non-hydrogen) atoms. The van der Waals surface area contributed by atoms with Crippen molar-refractivity contribution in [1.29, 1.82) is 0 Å². The van der Waals surface area contributed by atoms with Crippen molar-refractivity contribution in [2.75, 3.05) is 0 Å². The summed E-state index contributed by atoms with van der Waals surface area (Å²) in [6.45, 7) is 0. The summed E-state index contributed by atoms with van der Waals surface area (Å²) in [5, 5.41) is 0. The van der Waals surface area contributed by atoms with E-state index in [9.17, 15) is 9.18 Å². The van der Waals surface area contributed by atoms with Crippen LogP contribution in [0.15, 0.2) is 39.7 Å². The summed E-state index contributed by atoms with van der Waals surface area (Å²) in [5.74, 6) is -0.863. The molecule has 1 heterocycles. The molecule has 0 aromatic heterocycles. The topological polar surface area (TPSA) is 29.4 Å². The van der Waals surface area contributed by atoms with Gasteiger partial charge in [0.1, 0.15) is 5.83 Å². The Morgan fingerprint density at radius 3 is 3.08 bits per heavy atom. The summed E-state index contributed by atoms with van der Waals surface area (Å²) >= 11 is 3.09. The lowest BCUT2D eigenvalue weighted by atomic mass is 9.92. The van der Waals surface area contributed by atoms with Crippen molar-refractivity contribution in [1.82, 2.24) is 0 Å². The van der Waals surface area contributed by atoms with Crippen molar-refractivity contribution in [3.05, 3.63) is 34.7 Å². The number of carbonyl (C=O) groups is 1. The number of halogens is 2. The van der Waals surface area contributed by atoms with Gasteiger partial charge in [0.2, 0.25) is 0 Å². The number of nitrogens with zero attached hydrogens (tertiary/aromatic N) is 1. The van der Waals surface area contributed by atoms with Crippen LogP contribution in [-0.2, 0) is 4.79 Å². The molecule has 0 radical (unpaired) electrons. The Bertz CT molecular complexity index is 392. The van der Waals surface area contributed by atoms with Gasteiger partial charge in [0.25, 0.3) is 0 Å². The van der Waals surface area contributed by atoms with E-state index in [1.165, 1.54) is 24.4 Å². The second kappa shape index (κ2) is 3.03. The number of carbonyl (C=O) groups excluding carboxylic acids is 1. The number of allylic oxidation sites excluding steroid dienone is 5. The van der Waals surface area contributed by atoms with Gasteiger partial charge in [-0.25, -0.2) is 4.39 Å². The molecule has 0 aromatic rings. The molecule has 2 rings (SSSR count). The summed E-state index contributed by atoms with van der Waals surface area (Å²) in [6, 6.07) is 0. The van der Waals surface area contributed by atoms with Gasteiger partial charge in [-0.1, -0.05) is 6.08 Å².